The monoisotopic (exact) mass is 394 g/mol. The topological polar surface area (TPSA) is 68.5 Å². The van der Waals surface area contributed by atoms with Crippen LogP contribution in [0.2, 0.25) is 5.02 Å². The summed E-state index contributed by atoms with van der Waals surface area (Å²) in [5, 5.41) is -2.07. The largest absolute Gasteiger partial charge is 0.456 e. The van der Waals surface area contributed by atoms with Gasteiger partial charge in [0.05, 0.1) is 16.1 Å². The molecule has 5 nitrogen and oxygen atoms in total. The number of hydrogen-bond acceptors (Lipinski definition) is 4. The third-order valence-electron chi connectivity index (χ3n) is 2.79. The number of Topliss-reactive ketones (excluding diaryl/α,β-unsaturated/α-hetero) is 1. The van der Waals surface area contributed by atoms with Crippen LogP contribution in [-0.2, 0) is 16.0 Å². The van der Waals surface area contributed by atoms with Gasteiger partial charge >= 0.3 is 12.4 Å². The molecular weight excluding hydrogens is 390 g/mol. The van der Waals surface area contributed by atoms with Crippen LogP contribution in [-0.4, -0.2) is 36.0 Å². The molecule has 0 bridgehead atoms. The summed E-state index contributed by atoms with van der Waals surface area (Å²) in [6.07, 6.45) is -9.66. The maximum atomic E-state index is 12.8. The summed E-state index contributed by atoms with van der Waals surface area (Å²) in [5.74, 6) is -2.53. The number of hydrogen-bond donors (Lipinski definition) is 0. The summed E-state index contributed by atoms with van der Waals surface area (Å²) in [6.45, 7) is 0. The van der Waals surface area contributed by atoms with Crippen molar-refractivity contribution in [2.24, 2.45) is 0 Å². The van der Waals surface area contributed by atoms with E-state index in [1.54, 1.807) is 0 Å². The Hall–Kier alpha value is -1.82. The summed E-state index contributed by atoms with van der Waals surface area (Å²) in [7, 11) is -4.36. The second-order valence-electron chi connectivity index (χ2n) is 4.64. The third kappa shape index (κ3) is 3.20. The van der Waals surface area contributed by atoms with Crippen molar-refractivity contribution >= 4 is 32.7 Å². The lowest BCUT2D eigenvalue weighted by Gasteiger charge is -2.10. The lowest BCUT2D eigenvalue weighted by molar-refractivity contribution is -0.137. The molecule has 24 heavy (non-hydrogen) atoms. The minimum atomic E-state index is -5.42. The van der Waals surface area contributed by atoms with Crippen molar-refractivity contribution in [2.75, 3.05) is 6.26 Å². The van der Waals surface area contributed by atoms with Gasteiger partial charge in [0.25, 0.3) is 5.78 Å². The Kier molecular flexibility index (Phi) is 4.12. The average molecular weight is 395 g/mol. The van der Waals surface area contributed by atoms with E-state index in [0.717, 1.165) is 0 Å². The van der Waals surface area contributed by atoms with Gasteiger partial charge in [-0.2, -0.15) is 26.3 Å². The first kappa shape index (κ1) is 18.5. The van der Waals surface area contributed by atoms with Crippen LogP contribution in [0.1, 0.15) is 16.1 Å². The molecule has 13 heteroatoms. The molecule has 2 aromatic heterocycles. The quantitative estimate of drug-likeness (QED) is 0.579. The van der Waals surface area contributed by atoms with Crippen LogP contribution in [0.5, 0.6) is 0 Å². The SMILES string of the molecule is CS(=O)(=O)c1nc(C(=O)C(F)(F)F)c2c(Cl)cc(C(F)(F)F)cn12. The highest BCUT2D eigenvalue weighted by Crippen LogP contribution is 2.35. The van der Waals surface area contributed by atoms with Gasteiger partial charge in [0.1, 0.15) is 5.69 Å². The van der Waals surface area contributed by atoms with Gasteiger partial charge in [0, 0.05) is 12.5 Å². The summed E-state index contributed by atoms with van der Waals surface area (Å²) in [5.41, 5.74) is -3.71. The van der Waals surface area contributed by atoms with E-state index < -0.39 is 54.9 Å². The molecule has 2 heterocycles. The molecule has 0 N–H and O–H groups in total. The van der Waals surface area contributed by atoms with Crippen molar-refractivity contribution in [2.45, 2.75) is 17.5 Å². The van der Waals surface area contributed by atoms with E-state index in [9.17, 15) is 39.6 Å². The van der Waals surface area contributed by atoms with E-state index in [1.165, 1.54) is 0 Å². The Labute approximate surface area is 134 Å². The molecule has 0 unspecified atom stereocenters. The molecule has 0 aliphatic rings. The van der Waals surface area contributed by atoms with Gasteiger partial charge in [0.2, 0.25) is 15.0 Å². The maximum Gasteiger partial charge on any atom is 0.456 e. The van der Waals surface area contributed by atoms with Crippen LogP contribution in [0.3, 0.4) is 0 Å². The number of rotatable bonds is 2. The molecule has 0 aromatic carbocycles. The van der Waals surface area contributed by atoms with E-state index in [4.69, 9.17) is 11.6 Å². The number of nitrogens with zero attached hydrogens (tertiary/aromatic N) is 2. The van der Waals surface area contributed by atoms with Gasteiger partial charge in [-0.3, -0.25) is 9.20 Å². The molecule has 2 aromatic rings. The summed E-state index contributed by atoms with van der Waals surface area (Å²) in [6, 6.07) is 0.276. The molecule has 0 radical (unpaired) electrons. The van der Waals surface area contributed by atoms with Crippen LogP contribution < -0.4 is 0 Å². The van der Waals surface area contributed by atoms with Gasteiger partial charge < -0.3 is 0 Å². The van der Waals surface area contributed by atoms with Gasteiger partial charge in [-0.1, -0.05) is 11.6 Å². The normalized spacial score (nSPS) is 13.5. The van der Waals surface area contributed by atoms with E-state index in [0.29, 0.717) is 6.26 Å². The number of fused-ring (bicyclic) bond motifs is 1. The first-order valence-electron chi connectivity index (χ1n) is 5.74. The van der Waals surface area contributed by atoms with Crippen LogP contribution in [0.25, 0.3) is 5.52 Å². The van der Waals surface area contributed by atoms with Crippen LogP contribution in [0.4, 0.5) is 26.3 Å². The fraction of sp³-hybridized carbons (Fsp3) is 0.273. The Morgan fingerprint density at radius 1 is 1.21 bits per heavy atom. The number of pyridine rings is 1. The minimum Gasteiger partial charge on any atom is -0.288 e. The number of ketones is 1. The first-order valence-corrected chi connectivity index (χ1v) is 8.01. The second kappa shape index (κ2) is 5.34. The standard InChI is InChI=1S/C11H5ClF6N2O3S/c1-24(22,23)9-19-6(8(21)11(16,17)18)7-5(12)2-4(3-20(7)9)10(13,14)15/h2-3H,1H3. The number of aromatic nitrogens is 2. The molecule has 132 valence electrons. The van der Waals surface area contributed by atoms with Gasteiger partial charge in [-0.15, -0.1) is 0 Å². The second-order valence-corrected chi connectivity index (χ2v) is 6.95. The Morgan fingerprint density at radius 2 is 1.75 bits per heavy atom. The lowest BCUT2D eigenvalue weighted by Crippen LogP contribution is -2.23. The van der Waals surface area contributed by atoms with Crippen molar-refractivity contribution in [3.05, 3.63) is 28.5 Å². The minimum absolute atomic E-state index is 0.206. The van der Waals surface area contributed by atoms with E-state index in [1.807, 2.05) is 0 Å². The van der Waals surface area contributed by atoms with Gasteiger partial charge in [0.15, 0.2) is 0 Å². The molecule has 2 rings (SSSR count). The first-order chi connectivity index (χ1) is 10.6. The Balaban J connectivity index is 2.97. The Bertz CT molecular complexity index is 945. The number of halogens is 7. The van der Waals surface area contributed by atoms with Crippen molar-refractivity contribution in [3.63, 3.8) is 0 Å². The molecule has 0 aliphatic carbocycles. The number of imidazole rings is 1. The fourth-order valence-corrected chi connectivity index (χ4v) is 2.91. The van der Waals surface area contributed by atoms with E-state index in [-0.39, 0.29) is 16.7 Å². The number of sulfone groups is 1. The molecule has 0 saturated heterocycles. The van der Waals surface area contributed by atoms with Gasteiger partial charge in [-0.25, -0.2) is 13.4 Å². The van der Waals surface area contributed by atoms with E-state index >= 15 is 0 Å². The fourth-order valence-electron chi connectivity index (χ4n) is 1.85. The molecule has 0 saturated carbocycles. The molecule has 0 fully saturated rings. The zero-order chi connectivity index (χ0) is 18.7. The predicted molar refractivity (Wildman–Crippen MR) is 68.7 cm³/mol. The van der Waals surface area contributed by atoms with Crippen molar-refractivity contribution in [3.8, 4) is 0 Å². The van der Waals surface area contributed by atoms with Crippen LogP contribution in [0, 0.1) is 0 Å². The molecule has 0 spiro atoms. The smallest absolute Gasteiger partial charge is 0.288 e. The van der Waals surface area contributed by atoms with E-state index in [2.05, 4.69) is 4.98 Å². The highest BCUT2D eigenvalue weighted by Gasteiger charge is 2.43. The third-order valence-corrected chi connectivity index (χ3v) is 4.03. The maximum absolute atomic E-state index is 12.8. The average Bonchev–Trinajstić information content (AvgIpc) is 2.75. The van der Waals surface area contributed by atoms with Crippen LogP contribution in [0.15, 0.2) is 17.4 Å². The number of alkyl halides is 6. The highest BCUT2D eigenvalue weighted by molar-refractivity contribution is 7.90. The predicted octanol–water partition coefficient (Wildman–Crippen LogP) is 3.16. The molecule has 0 amide bonds. The van der Waals surface area contributed by atoms with Gasteiger partial charge in [-0.05, 0) is 6.07 Å². The molecule has 0 aliphatic heterocycles. The summed E-state index contributed by atoms with van der Waals surface area (Å²) in [4.78, 5) is 14.4. The van der Waals surface area contributed by atoms with Crippen molar-refractivity contribution < 1.29 is 39.6 Å². The lowest BCUT2D eigenvalue weighted by atomic mass is 10.2. The van der Waals surface area contributed by atoms with Crippen molar-refractivity contribution in [1.29, 1.82) is 0 Å². The summed E-state index contributed by atoms with van der Waals surface area (Å²) >= 11 is 5.56. The summed E-state index contributed by atoms with van der Waals surface area (Å²) < 4.78 is 99.6. The zero-order valence-electron chi connectivity index (χ0n) is 11.3. The van der Waals surface area contributed by atoms with Crippen molar-refractivity contribution in [1.82, 2.24) is 9.38 Å². The zero-order valence-corrected chi connectivity index (χ0v) is 12.9. The van der Waals surface area contributed by atoms with Crippen LogP contribution >= 0.6 is 11.6 Å². The molecular formula is C11H5ClF6N2O3S. The Morgan fingerprint density at radius 3 is 2.17 bits per heavy atom. The molecule has 0 atom stereocenters. The highest BCUT2D eigenvalue weighted by atomic mass is 35.5. The number of carbonyl (C=O) groups is 1. The number of carbonyl (C=O) groups excluding carboxylic acids is 1.